The Bertz CT molecular complexity index is 1410. The average molecular weight is 756 g/mol. The Morgan fingerprint density at radius 2 is 0.472 bits per heavy atom. The van der Waals surface area contributed by atoms with E-state index < -0.39 is 119 Å². The number of nitrogens with one attached hydrogen (secondary N) is 10. The molecule has 0 spiro atoms. The summed E-state index contributed by atoms with van der Waals surface area (Å²) in [6.07, 6.45) is 0.333. The average Bonchev–Trinajstić information content (AvgIpc) is 3.07. The maximum absolute atomic E-state index is 12.7. The second-order valence-electron chi connectivity index (χ2n) is 12.5. The highest BCUT2D eigenvalue weighted by Crippen LogP contribution is 1.96. The third kappa shape index (κ3) is 16.8. The van der Waals surface area contributed by atoms with Crippen molar-refractivity contribution >= 4 is 65.5 Å². The molecule has 0 aliphatic heterocycles. The normalized spacial score (nSPS) is 16.3. The third-order valence-corrected chi connectivity index (χ3v) is 7.51. The van der Waals surface area contributed by atoms with Gasteiger partial charge in [0.15, 0.2) is 0 Å². The Morgan fingerprint density at radius 1 is 0.321 bits per heavy atom. The lowest BCUT2D eigenvalue weighted by Gasteiger charge is -2.23. The van der Waals surface area contributed by atoms with Crippen molar-refractivity contribution in [3.8, 4) is 0 Å². The van der Waals surface area contributed by atoms with E-state index in [0.717, 1.165) is 0 Å². The van der Waals surface area contributed by atoms with Gasteiger partial charge in [-0.15, -0.1) is 0 Å². The fraction of sp³-hybridized carbons (Fsp3) is 0.645. The van der Waals surface area contributed by atoms with Crippen molar-refractivity contribution in [2.45, 2.75) is 130 Å². The molecule has 12 N–H and O–H groups in total. The van der Waals surface area contributed by atoms with Gasteiger partial charge in [0.2, 0.25) is 65.5 Å². The predicted molar refractivity (Wildman–Crippen MR) is 186 cm³/mol. The minimum Gasteiger partial charge on any atom is -0.368 e. The first-order valence-corrected chi connectivity index (χ1v) is 16.7. The van der Waals surface area contributed by atoms with Gasteiger partial charge in [-0.05, 0) is 69.2 Å². The molecule has 0 heterocycles. The summed E-state index contributed by atoms with van der Waals surface area (Å²) in [6, 6.07) is -10.9. The van der Waals surface area contributed by atoms with Crippen LogP contribution in [0.2, 0.25) is 0 Å². The Labute approximate surface area is 306 Å². The first-order valence-electron chi connectivity index (χ1n) is 16.7. The van der Waals surface area contributed by atoms with E-state index in [1.807, 2.05) is 0 Å². The van der Waals surface area contributed by atoms with Gasteiger partial charge in [0, 0.05) is 0 Å². The van der Waals surface area contributed by atoms with Crippen molar-refractivity contribution in [2.75, 3.05) is 0 Å². The topological polar surface area (TPSA) is 334 Å². The maximum atomic E-state index is 12.7. The van der Waals surface area contributed by atoms with Crippen LogP contribution in [0.25, 0.3) is 0 Å². The lowest BCUT2D eigenvalue weighted by Crippen LogP contribution is -2.58. The van der Waals surface area contributed by atoms with Crippen LogP contribution in [-0.2, 0) is 52.7 Å². The summed E-state index contributed by atoms with van der Waals surface area (Å²) in [5.74, 6) is -7.35. The smallest absolute Gasteiger partial charge is 0.242 e. The number of hydrogen-bond donors (Lipinski definition) is 11. The van der Waals surface area contributed by atoms with Gasteiger partial charge in [0.05, 0.1) is 0 Å². The molecule has 0 saturated carbocycles. The summed E-state index contributed by atoms with van der Waals surface area (Å²) in [4.78, 5) is 134. The highest BCUT2D eigenvalue weighted by molar-refractivity contribution is 5.98. The lowest BCUT2D eigenvalue weighted by atomic mass is 10.2. The van der Waals surface area contributed by atoms with Gasteiger partial charge in [-0.3, -0.25) is 52.7 Å². The fourth-order valence-electron chi connectivity index (χ4n) is 3.82. The molecule has 0 aliphatic rings. The minimum absolute atomic E-state index is 0.333. The van der Waals surface area contributed by atoms with Crippen LogP contribution >= 0.6 is 0 Å². The molecule has 0 aromatic rings. The fourth-order valence-corrected chi connectivity index (χ4v) is 3.82. The van der Waals surface area contributed by atoms with E-state index in [1.165, 1.54) is 69.2 Å². The molecule has 0 aromatic heterocycles. The number of rotatable bonds is 21. The van der Waals surface area contributed by atoms with Gasteiger partial charge < -0.3 is 58.9 Å². The summed E-state index contributed by atoms with van der Waals surface area (Å²) in [5, 5.41) is 23.6. The number of carbonyl (C=O) groups is 11. The molecule has 0 aromatic carbocycles. The minimum atomic E-state index is -1.18. The van der Waals surface area contributed by atoms with Crippen LogP contribution in [-0.4, -0.2) is 126 Å². The molecule has 0 aliphatic carbocycles. The van der Waals surface area contributed by atoms with Crippen molar-refractivity contribution in [3.63, 3.8) is 0 Å². The van der Waals surface area contributed by atoms with E-state index in [4.69, 9.17) is 5.73 Å². The van der Waals surface area contributed by atoms with Crippen LogP contribution in [0.3, 0.4) is 0 Å². The zero-order chi connectivity index (χ0) is 41.3. The van der Waals surface area contributed by atoms with Crippen LogP contribution in [0.5, 0.6) is 0 Å². The molecule has 0 rings (SSSR count). The zero-order valence-electron chi connectivity index (χ0n) is 31.4. The second-order valence-corrected chi connectivity index (χ2v) is 12.5. The first kappa shape index (κ1) is 47.2. The standard InChI is InChI=1S/C31H53N11O11/c1-12(22(32)44)34-24(46)14(3)36-26(48)16(5)38-28(50)18(7)40-30(52)20(9)42-31(53)21(10)41-29(51)19(8)39-27(49)17(6)37-25(47)15(4)35-23(45)13(2)33-11-43/h11-21H,1-10H3,(H2,32,44)(H,33,43)(H,34,46)(H,35,45)(H,36,48)(H,37,47)(H,38,50)(H,39,49)(H,40,52)(H,41,51)(H,42,53)/t12-,13-,14-,15-,16-,17-,18-,19-,20-,21-/m0/s1. The van der Waals surface area contributed by atoms with Crippen molar-refractivity contribution in [1.29, 1.82) is 0 Å². The Balaban J connectivity index is 4.86. The highest BCUT2D eigenvalue weighted by atomic mass is 16.2. The van der Waals surface area contributed by atoms with Crippen molar-refractivity contribution < 1.29 is 52.7 Å². The van der Waals surface area contributed by atoms with Crippen LogP contribution in [0, 0.1) is 0 Å². The summed E-state index contributed by atoms with van der Waals surface area (Å²) >= 11 is 0. The molecule has 0 unspecified atom stereocenters. The van der Waals surface area contributed by atoms with Crippen LogP contribution in [0.1, 0.15) is 69.2 Å². The molecule has 10 atom stereocenters. The lowest BCUT2D eigenvalue weighted by molar-refractivity contribution is -0.135. The van der Waals surface area contributed by atoms with Gasteiger partial charge in [-0.2, -0.15) is 0 Å². The van der Waals surface area contributed by atoms with Crippen molar-refractivity contribution in [3.05, 3.63) is 0 Å². The molecule has 22 heteroatoms. The Hall–Kier alpha value is -5.83. The summed E-state index contributed by atoms with van der Waals surface area (Å²) in [5.41, 5.74) is 5.10. The van der Waals surface area contributed by atoms with Crippen LogP contribution in [0.15, 0.2) is 0 Å². The zero-order valence-corrected chi connectivity index (χ0v) is 31.4. The van der Waals surface area contributed by atoms with Gasteiger partial charge in [0.25, 0.3) is 0 Å². The third-order valence-electron chi connectivity index (χ3n) is 7.51. The molecule has 298 valence electrons. The first-order chi connectivity index (χ1) is 24.4. The molecule has 53 heavy (non-hydrogen) atoms. The number of nitrogens with two attached hydrogens (primary N) is 1. The van der Waals surface area contributed by atoms with E-state index in [2.05, 4.69) is 53.2 Å². The van der Waals surface area contributed by atoms with Gasteiger partial charge in [-0.1, -0.05) is 0 Å². The van der Waals surface area contributed by atoms with Gasteiger partial charge in [0.1, 0.15) is 60.4 Å². The summed E-state index contributed by atoms with van der Waals surface area (Å²) in [7, 11) is 0. The Kier molecular flexibility index (Phi) is 19.7. The van der Waals surface area contributed by atoms with Crippen molar-refractivity contribution in [1.82, 2.24) is 53.2 Å². The molecule has 0 fully saturated rings. The summed E-state index contributed by atoms with van der Waals surface area (Å²) < 4.78 is 0. The number of amides is 11. The van der Waals surface area contributed by atoms with E-state index in [-0.39, 0.29) is 0 Å². The largest absolute Gasteiger partial charge is 0.368 e. The Morgan fingerprint density at radius 3 is 0.623 bits per heavy atom. The molecular weight excluding hydrogens is 702 g/mol. The van der Waals surface area contributed by atoms with E-state index in [0.29, 0.717) is 6.41 Å². The quantitative estimate of drug-likeness (QED) is 0.0490. The summed E-state index contributed by atoms with van der Waals surface area (Å²) in [6.45, 7) is 13.5. The van der Waals surface area contributed by atoms with Crippen molar-refractivity contribution in [2.24, 2.45) is 5.73 Å². The molecule has 11 amide bonds. The highest BCUT2D eigenvalue weighted by Gasteiger charge is 2.29. The predicted octanol–water partition coefficient (Wildman–Crippen LogP) is -5.85. The SMILES string of the molecule is C[C@H](NC(=O)[C@H](C)NC(=O)[C@H](C)NC(=O)[C@H](C)NC(=O)[C@H](C)NC(=O)[C@H](C)NC(=O)[C@H](C)NC(=O)[C@H](C)NC(=O)[C@H](C)NC(=O)[C@H](C)NC=O)C(N)=O. The molecule has 22 nitrogen and oxygen atoms in total. The monoisotopic (exact) mass is 755 g/mol. The molecule has 0 saturated heterocycles. The van der Waals surface area contributed by atoms with Gasteiger partial charge >= 0.3 is 0 Å². The number of primary amides is 1. The van der Waals surface area contributed by atoms with E-state index in [9.17, 15) is 52.7 Å². The van der Waals surface area contributed by atoms with Gasteiger partial charge in [-0.25, -0.2) is 0 Å². The van der Waals surface area contributed by atoms with E-state index >= 15 is 0 Å². The second kappa shape index (κ2) is 22.2. The van der Waals surface area contributed by atoms with Crippen LogP contribution < -0.4 is 58.9 Å². The molecular formula is C31H53N11O11. The molecule has 0 bridgehead atoms. The number of hydrogen-bond acceptors (Lipinski definition) is 11. The van der Waals surface area contributed by atoms with E-state index in [1.54, 1.807) is 0 Å². The molecule has 0 radical (unpaired) electrons. The number of carbonyl (C=O) groups excluding carboxylic acids is 11. The van der Waals surface area contributed by atoms with Crippen LogP contribution in [0.4, 0.5) is 0 Å². The maximum Gasteiger partial charge on any atom is 0.242 e.